The third-order valence-electron chi connectivity index (χ3n) is 13.0. The molecule has 6 rings (SSSR count). The van der Waals surface area contributed by atoms with Gasteiger partial charge in [-0.2, -0.15) is 0 Å². The summed E-state index contributed by atoms with van der Waals surface area (Å²) in [5.41, 5.74) is 2.60. The van der Waals surface area contributed by atoms with E-state index in [-0.39, 0.29) is 55.7 Å². The molecule has 2 fully saturated rings. The first-order chi connectivity index (χ1) is 29.9. The van der Waals surface area contributed by atoms with Gasteiger partial charge in [0.15, 0.2) is 18.0 Å². The van der Waals surface area contributed by atoms with Crippen molar-refractivity contribution in [2.75, 3.05) is 37.0 Å². The highest BCUT2D eigenvalue weighted by molar-refractivity contribution is 6.91. The molecule has 0 unspecified atom stereocenters. The van der Waals surface area contributed by atoms with Crippen LogP contribution in [0.5, 0.6) is 5.75 Å². The van der Waals surface area contributed by atoms with Crippen molar-refractivity contribution < 1.29 is 54.1 Å². The number of anilines is 2. The Bertz CT molecular complexity index is 2160. The Balaban J connectivity index is 1.43. The van der Waals surface area contributed by atoms with E-state index < -0.39 is 62.3 Å². The maximum Gasteiger partial charge on any atom is 0.264 e. The molecular formula is C48H63N3O11Si. The van der Waals surface area contributed by atoms with Crippen LogP contribution >= 0.6 is 0 Å². The number of benzene rings is 3. The van der Waals surface area contributed by atoms with E-state index in [1.54, 1.807) is 35.1 Å². The van der Waals surface area contributed by atoms with Crippen molar-refractivity contribution in [3.8, 4) is 5.75 Å². The summed E-state index contributed by atoms with van der Waals surface area (Å²) in [6.07, 6.45) is -4.10. The Labute approximate surface area is 370 Å². The summed E-state index contributed by atoms with van der Waals surface area (Å²) in [4.78, 5) is 46.9. The zero-order chi connectivity index (χ0) is 45.8. The van der Waals surface area contributed by atoms with E-state index in [0.717, 1.165) is 29.2 Å². The van der Waals surface area contributed by atoms with Gasteiger partial charge in [-0.25, -0.2) is 0 Å². The van der Waals surface area contributed by atoms with E-state index in [9.17, 15) is 35.1 Å². The van der Waals surface area contributed by atoms with Crippen LogP contribution in [0.25, 0.3) is 0 Å². The van der Waals surface area contributed by atoms with E-state index >= 15 is 4.79 Å². The summed E-state index contributed by atoms with van der Waals surface area (Å²) in [6, 6.07) is 22.5. The van der Waals surface area contributed by atoms with Gasteiger partial charge in [0.05, 0.1) is 40.0 Å². The van der Waals surface area contributed by atoms with Crippen LogP contribution in [0.4, 0.5) is 11.4 Å². The zero-order valence-corrected chi connectivity index (χ0v) is 38.2. The van der Waals surface area contributed by atoms with Gasteiger partial charge in [-0.05, 0) is 75.0 Å². The number of hydrogen-bond donors (Lipinski definition) is 6. The Morgan fingerprint density at radius 2 is 1.65 bits per heavy atom. The van der Waals surface area contributed by atoms with E-state index in [1.165, 1.54) is 5.57 Å². The Morgan fingerprint density at radius 1 is 0.952 bits per heavy atom. The lowest BCUT2D eigenvalue weighted by Crippen LogP contribution is -2.60. The van der Waals surface area contributed by atoms with Crippen LogP contribution < -0.4 is 20.1 Å². The smallest absolute Gasteiger partial charge is 0.264 e. The van der Waals surface area contributed by atoms with Gasteiger partial charge < -0.3 is 54.9 Å². The second kappa shape index (κ2) is 20.0. The van der Waals surface area contributed by atoms with E-state index in [2.05, 4.69) is 38.3 Å². The number of aliphatic hydroxyl groups is 5. The van der Waals surface area contributed by atoms with Crippen LogP contribution in [0.1, 0.15) is 58.1 Å². The number of nitrogens with zero attached hydrogens (tertiary/aromatic N) is 2. The largest absolute Gasteiger partial charge is 0.497 e. The average Bonchev–Trinajstić information content (AvgIpc) is 3.68. The molecule has 340 valence electrons. The van der Waals surface area contributed by atoms with Crippen LogP contribution in [0.3, 0.4) is 0 Å². The fourth-order valence-electron chi connectivity index (χ4n) is 9.52. The van der Waals surface area contributed by atoms with Crippen LogP contribution in [-0.2, 0) is 36.0 Å². The number of nitrogens with one attached hydrogen (secondary N) is 1. The number of hydrogen-bond acceptors (Lipinski definition) is 11. The lowest BCUT2D eigenvalue weighted by molar-refractivity contribution is -0.274. The molecule has 1 spiro atoms. The SMILES string of the molecule is COc1ccc([Si](C)(C)[C@@H]2[C@@H](CC(=O)N(CCO)Cc3ccccc3)O[C@]3(C(=O)N(C/C=C(\C)CCC=C(C)C)c4ccc(NC(=O)[C@H]5O[C@@H](O)[C@H](O)[C@@H](O)[C@@H]5O)cc43)[C@H]2C)cc1. The molecule has 0 aliphatic carbocycles. The predicted molar refractivity (Wildman–Crippen MR) is 242 cm³/mol. The van der Waals surface area contributed by atoms with Gasteiger partial charge in [-0.3, -0.25) is 14.4 Å². The number of methoxy groups -OCH3 is 1. The highest BCUT2D eigenvalue weighted by Gasteiger charge is 2.66. The van der Waals surface area contributed by atoms with Gasteiger partial charge in [0.25, 0.3) is 11.8 Å². The Kier molecular flexibility index (Phi) is 15.2. The summed E-state index contributed by atoms with van der Waals surface area (Å²) in [5.74, 6) is -1.23. The molecule has 0 radical (unpaired) electrons. The molecule has 6 N–H and O–H groups in total. The van der Waals surface area contributed by atoms with Crippen molar-refractivity contribution in [2.45, 2.75) is 115 Å². The molecule has 3 aromatic carbocycles. The van der Waals surface area contributed by atoms with Gasteiger partial charge in [-0.15, -0.1) is 0 Å². The van der Waals surface area contributed by atoms with Crippen molar-refractivity contribution >= 4 is 42.4 Å². The average molecular weight is 886 g/mol. The number of aliphatic hydroxyl groups excluding tert-OH is 5. The fraction of sp³-hybridized carbons (Fsp3) is 0.479. The lowest BCUT2D eigenvalue weighted by atomic mass is 9.82. The molecular weight excluding hydrogens is 823 g/mol. The lowest BCUT2D eigenvalue weighted by Gasteiger charge is -2.37. The van der Waals surface area contributed by atoms with Crippen molar-refractivity contribution in [3.05, 3.63) is 107 Å². The summed E-state index contributed by atoms with van der Waals surface area (Å²) >= 11 is 0. The van der Waals surface area contributed by atoms with Gasteiger partial charge in [-0.1, -0.05) is 91.0 Å². The molecule has 3 aliphatic rings. The van der Waals surface area contributed by atoms with Crippen molar-refractivity contribution in [3.63, 3.8) is 0 Å². The summed E-state index contributed by atoms with van der Waals surface area (Å²) in [7, 11) is -1.08. The Hall–Kier alpha value is -4.71. The highest BCUT2D eigenvalue weighted by Crippen LogP contribution is 2.60. The molecule has 63 heavy (non-hydrogen) atoms. The van der Waals surface area contributed by atoms with Crippen LogP contribution in [-0.4, -0.2) is 120 Å². The normalized spacial score (nSPS) is 27.0. The van der Waals surface area contributed by atoms with E-state index in [0.29, 0.717) is 17.0 Å². The van der Waals surface area contributed by atoms with Gasteiger partial charge in [0.2, 0.25) is 5.91 Å². The topological polar surface area (TPSA) is 199 Å². The molecule has 0 saturated carbocycles. The first-order valence-corrected chi connectivity index (χ1v) is 24.7. The number of carbonyl (C=O) groups excluding carboxylic acids is 3. The minimum atomic E-state index is -2.69. The van der Waals surface area contributed by atoms with Crippen LogP contribution in [0.2, 0.25) is 18.6 Å². The molecule has 3 heterocycles. The standard InChI is InChI=1S/C48H63N3O11Si/c1-29(2)12-11-13-30(3)22-23-51-37-21-16-33(49-45(57)43-41(55)40(54)42(56)46(58)61-43)26-36(37)48(47(51)59)31(4)44(63(6,7)35-19-17-34(60-5)18-20-35)38(62-48)27-39(53)50(24-25-52)28-32-14-9-8-10-15-32/h8-10,12,14-22,26,31,38,40-44,46,52,54-56,58H,11,13,23-25,27-28H2,1-7H3,(H,49,57)/b30-22+/t31-,38+,40-,41-,42+,43-,44-,46+,48+/m0/s1. The number of rotatable bonds is 16. The maximum atomic E-state index is 15.5. The number of allylic oxidation sites excluding steroid dienone is 3. The minimum absolute atomic E-state index is 0.0635. The van der Waals surface area contributed by atoms with E-state index in [4.69, 9.17) is 14.2 Å². The minimum Gasteiger partial charge on any atom is -0.497 e. The molecule has 0 bridgehead atoms. The monoisotopic (exact) mass is 885 g/mol. The quantitative estimate of drug-likeness (QED) is 0.0895. The summed E-state index contributed by atoms with van der Waals surface area (Å²) in [6.45, 7) is 13.0. The molecule has 14 nitrogen and oxygen atoms in total. The van der Waals surface area contributed by atoms with Crippen molar-refractivity contribution in [1.29, 1.82) is 0 Å². The number of fused-ring (bicyclic) bond motifs is 2. The third-order valence-corrected chi connectivity index (χ3v) is 17.3. The van der Waals surface area contributed by atoms with Crippen LogP contribution in [0, 0.1) is 5.92 Å². The molecule has 3 aromatic rings. The molecule has 3 aliphatic heterocycles. The summed E-state index contributed by atoms with van der Waals surface area (Å²) in [5, 5.41) is 55.0. The Morgan fingerprint density at radius 3 is 2.30 bits per heavy atom. The molecule has 2 saturated heterocycles. The van der Waals surface area contributed by atoms with Crippen molar-refractivity contribution in [2.24, 2.45) is 5.92 Å². The first-order valence-electron chi connectivity index (χ1n) is 21.6. The fourth-order valence-corrected chi connectivity index (χ4v) is 13.5. The highest BCUT2D eigenvalue weighted by atomic mass is 28.3. The van der Waals surface area contributed by atoms with Gasteiger partial charge in [0.1, 0.15) is 24.1 Å². The summed E-state index contributed by atoms with van der Waals surface area (Å²) < 4.78 is 17.9. The molecule has 15 heteroatoms. The van der Waals surface area contributed by atoms with Crippen molar-refractivity contribution in [1.82, 2.24) is 4.90 Å². The molecule has 3 amide bonds. The maximum absolute atomic E-state index is 15.5. The second-order valence-corrected chi connectivity index (χ2v) is 22.5. The first kappa shape index (κ1) is 47.8. The number of carbonyl (C=O) groups is 3. The zero-order valence-electron chi connectivity index (χ0n) is 37.2. The number of amides is 3. The third kappa shape index (κ3) is 9.86. The second-order valence-electron chi connectivity index (χ2n) is 17.8. The van der Waals surface area contributed by atoms with Gasteiger partial charge >= 0.3 is 0 Å². The predicted octanol–water partition coefficient (Wildman–Crippen LogP) is 4.10. The molecule has 0 aromatic heterocycles. The van der Waals surface area contributed by atoms with E-state index in [1.807, 2.05) is 74.5 Å². The van der Waals surface area contributed by atoms with Gasteiger partial charge in [0, 0.05) is 36.8 Å². The number of ether oxygens (including phenoxy) is 3. The molecule has 9 atom stereocenters. The van der Waals surface area contributed by atoms with Crippen LogP contribution in [0.15, 0.2) is 96.1 Å².